The maximum Gasteiger partial charge on any atom is 0.298 e. The highest BCUT2D eigenvalue weighted by molar-refractivity contribution is 6.30. The van der Waals surface area contributed by atoms with Gasteiger partial charge in [-0.1, -0.05) is 17.7 Å². The van der Waals surface area contributed by atoms with Gasteiger partial charge in [0.2, 0.25) is 5.91 Å². The summed E-state index contributed by atoms with van der Waals surface area (Å²) in [6.07, 6.45) is 1.82. The molecule has 1 aliphatic rings. The molecule has 138 valence electrons. The van der Waals surface area contributed by atoms with Gasteiger partial charge in [0.25, 0.3) is 5.91 Å². The minimum atomic E-state index is -0.302. The third-order valence-electron chi connectivity index (χ3n) is 4.55. The number of hydrogen-bond donors (Lipinski definition) is 2. The first kappa shape index (κ1) is 18.4. The molecule has 1 atom stereocenters. The molecule has 0 spiro atoms. The Labute approximate surface area is 156 Å². The van der Waals surface area contributed by atoms with Crippen LogP contribution in [-0.2, 0) is 22.5 Å². The summed E-state index contributed by atoms with van der Waals surface area (Å²) in [4.78, 5) is 30.3. The molecular formula is C18H21ClN4O3. The molecule has 3 rings (SSSR count). The van der Waals surface area contributed by atoms with E-state index in [1.54, 1.807) is 24.3 Å². The zero-order valence-corrected chi connectivity index (χ0v) is 15.5. The van der Waals surface area contributed by atoms with Crippen LogP contribution in [0.4, 0.5) is 5.69 Å². The zero-order chi connectivity index (χ0) is 18.7. The van der Waals surface area contributed by atoms with Crippen LogP contribution in [0.1, 0.15) is 35.1 Å². The lowest BCUT2D eigenvalue weighted by Crippen LogP contribution is -2.32. The summed E-state index contributed by atoms with van der Waals surface area (Å²) in [5.41, 5.74) is 2.69. The molecule has 0 aliphatic heterocycles. The number of benzene rings is 1. The zero-order valence-electron chi connectivity index (χ0n) is 14.7. The number of aromatic amines is 1. The van der Waals surface area contributed by atoms with Crippen molar-refractivity contribution >= 4 is 29.1 Å². The van der Waals surface area contributed by atoms with Crippen molar-refractivity contribution in [1.29, 1.82) is 0 Å². The van der Waals surface area contributed by atoms with E-state index in [0.29, 0.717) is 42.2 Å². The molecule has 7 nitrogen and oxygen atoms in total. The van der Waals surface area contributed by atoms with Crippen LogP contribution in [0, 0.1) is 5.92 Å². The molecular weight excluding hydrogens is 356 g/mol. The average molecular weight is 377 g/mol. The second-order valence-electron chi connectivity index (χ2n) is 6.15. The fourth-order valence-corrected chi connectivity index (χ4v) is 3.37. The molecule has 1 heterocycles. The summed E-state index contributed by atoms with van der Waals surface area (Å²) >= 11 is 5.96. The van der Waals surface area contributed by atoms with Crippen molar-refractivity contribution in [3.63, 3.8) is 0 Å². The van der Waals surface area contributed by atoms with E-state index in [1.807, 2.05) is 6.92 Å². The Morgan fingerprint density at radius 1 is 1.46 bits per heavy atom. The highest BCUT2D eigenvalue weighted by Gasteiger charge is 2.31. The lowest BCUT2D eigenvalue weighted by molar-refractivity contribution is -0.120. The Bertz CT molecular complexity index is 817. The van der Waals surface area contributed by atoms with Gasteiger partial charge in [-0.05, 0) is 44.4 Å². The number of aromatic nitrogens is 2. The number of halogens is 1. The van der Waals surface area contributed by atoms with Gasteiger partial charge >= 0.3 is 0 Å². The summed E-state index contributed by atoms with van der Waals surface area (Å²) in [7, 11) is 1.45. The van der Waals surface area contributed by atoms with Gasteiger partial charge in [-0.25, -0.2) is 5.06 Å². The summed E-state index contributed by atoms with van der Waals surface area (Å²) in [5.74, 6) is -0.622. The molecule has 8 heteroatoms. The van der Waals surface area contributed by atoms with Crippen molar-refractivity contribution < 1.29 is 14.4 Å². The highest BCUT2D eigenvalue weighted by atomic mass is 35.5. The maximum atomic E-state index is 12.6. The van der Waals surface area contributed by atoms with E-state index >= 15 is 0 Å². The van der Waals surface area contributed by atoms with Gasteiger partial charge in [0, 0.05) is 34.4 Å². The number of nitrogens with zero attached hydrogens (tertiary/aromatic N) is 2. The van der Waals surface area contributed by atoms with Gasteiger partial charge in [0.1, 0.15) is 0 Å². The van der Waals surface area contributed by atoms with Crippen LogP contribution >= 0.6 is 11.6 Å². The fourth-order valence-electron chi connectivity index (χ4n) is 3.18. The van der Waals surface area contributed by atoms with Crippen LogP contribution in [0.2, 0.25) is 5.02 Å². The molecule has 0 saturated carbocycles. The third kappa shape index (κ3) is 3.73. The number of H-pyrrole nitrogens is 1. The van der Waals surface area contributed by atoms with E-state index in [2.05, 4.69) is 15.5 Å². The van der Waals surface area contributed by atoms with E-state index in [1.165, 1.54) is 12.2 Å². The van der Waals surface area contributed by atoms with E-state index < -0.39 is 0 Å². The number of rotatable bonds is 5. The van der Waals surface area contributed by atoms with Crippen molar-refractivity contribution in [2.45, 2.75) is 26.2 Å². The number of carbonyl (C=O) groups excluding carboxylic acids is 2. The molecule has 1 unspecified atom stereocenters. The van der Waals surface area contributed by atoms with E-state index in [9.17, 15) is 9.59 Å². The molecule has 2 amide bonds. The minimum absolute atomic E-state index is 0.0865. The SMILES string of the molecule is CCN(OC)C(=O)c1n[nH]c2c1CC(C(=O)Nc1cccc(Cl)c1)CC2. The number of hydrogen-bond acceptors (Lipinski definition) is 4. The second-order valence-corrected chi connectivity index (χ2v) is 6.59. The van der Waals surface area contributed by atoms with Crippen LogP contribution in [0.5, 0.6) is 0 Å². The van der Waals surface area contributed by atoms with Gasteiger partial charge in [-0.3, -0.25) is 19.5 Å². The van der Waals surface area contributed by atoms with Crippen LogP contribution < -0.4 is 5.32 Å². The average Bonchev–Trinajstić information content (AvgIpc) is 3.05. The fraction of sp³-hybridized carbons (Fsp3) is 0.389. The van der Waals surface area contributed by atoms with Crippen LogP contribution in [0.15, 0.2) is 24.3 Å². The topological polar surface area (TPSA) is 87.3 Å². The van der Waals surface area contributed by atoms with Gasteiger partial charge in [0.05, 0.1) is 7.11 Å². The Balaban J connectivity index is 1.75. The van der Waals surface area contributed by atoms with Gasteiger partial charge in [-0.15, -0.1) is 0 Å². The van der Waals surface area contributed by atoms with Gasteiger partial charge in [-0.2, -0.15) is 5.10 Å². The molecule has 0 saturated heterocycles. The molecule has 0 radical (unpaired) electrons. The summed E-state index contributed by atoms with van der Waals surface area (Å²) in [6, 6.07) is 7.04. The van der Waals surface area contributed by atoms with Gasteiger partial charge in [0.15, 0.2) is 5.69 Å². The Kier molecular flexibility index (Phi) is 5.58. The molecule has 1 aromatic carbocycles. The lowest BCUT2D eigenvalue weighted by Gasteiger charge is -2.23. The number of carbonyl (C=O) groups is 2. The second kappa shape index (κ2) is 7.88. The molecule has 0 fully saturated rings. The first-order valence-electron chi connectivity index (χ1n) is 8.52. The van der Waals surface area contributed by atoms with Gasteiger partial charge < -0.3 is 5.32 Å². The number of nitrogens with one attached hydrogen (secondary N) is 2. The molecule has 1 aliphatic carbocycles. The predicted molar refractivity (Wildman–Crippen MR) is 97.9 cm³/mol. The van der Waals surface area contributed by atoms with Crippen LogP contribution in [0.25, 0.3) is 0 Å². The Hall–Kier alpha value is -2.38. The summed E-state index contributed by atoms with van der Waals surface area (Å²) < 4.78 is 0. The molecule has 2 N–H and O–H groups in total. The van der Waals surface area contributed by atoms with Crippen molar-refractivity contribution in [2.24, 2.45) is 5.92 Å². The quantitative estimate of drug-likeness (QED) is 0.785. The number of anilines is 1. The molecule has 0 bridgehead atoms. The number of fused-ring (bicyclic) bond motifs is 1. The number of hydroxylamine groups is 2. The van der Waals surface area contributed by atoms with Crippen molar-refractivity contribution in [3.05, 3.63) is 46.2 Å². The van der Waals surface area contributed by atoms with Crippen molar-refractivity contribution in [3.8, 4) is 0 Å². The third-order valence-corrected chi connectivity index (χ3v) is 4.78. The first-order valence-corrected chi connectivity index (χ1v) is 8.89. The van der Waals surface area contributed by atoms with E-state index in [4.69, 9.17) is 16.4 Å². The normalized spacial score (nSPS) is 16.0. The smallest absolute Gasteiger partial charge is 0.298 e. The first-order chi connectivity index (χ1) is 12.5. The van der Waals surface area contributed by atoms with Crippen molar-refractivity contribution in [2.75, 3.05) is 19.0 Å². The molecule has 2 aromatic rings. The number of amides is 2. The maximum absolute atomic E-state index is 12.6. The predicted octanol–water partition coefficient (Wildman–Crippen LogP) is 2.83. The minimum Gasteiger partial charge on any atom is -0.326 e. The van der Waals surface area contributed by atoms with Crippen molar-refractivity contribution in [1.82, 2.24) is 15.3 Å². The Morgan fingerprint density at radius 3 is 2.96 bits per heavy atom. The Morgan fingerprint density at radius 2 is 2.27 bits per heavy atom. The standard InChI is InChI=1S/C18H21ClN4O3/c1-3-23(26-2)18(25)16-14-9-11(7-8-15(14)21-22-16)17(24)20-13-6-4-5-12(19)10-13/h4-6,10-11H,3,7-9H2,1-2H3,(H,20,24)(H,21,22). The molecule has 26 heavy (non-hydrogen) atoms. The van der Waals surface area contributed by atoms with Crippen LogP contribution in [0.3, 0.4) is 0 Å². The monoisotopic (exact) mass is 376 g/mol. The summed E-state index contributed by atoms with van der Waals surface area (Å²) in [5, 5.41) is 11.8. The van der Waals surface area contributed by atoms with Crippen LogP contribution in [-0.4, -0.2) is 40.7 Å². The van der Waals surface area contributed by atoms with E-state index in [-0.39, 0.29) is 17.7 Å². The molecule has 1 aromatic heterocycles. The number of aryl methyl sites for hydroxylation is 1. The lowest BCUT2D eigenvalue weighted by atomic mass is 9.85. The van der Waals surface area contributed by atoms with E-state index in [0.717, 1.165) is 11.3 Å². The highest BCUT2D eigenvalue weighted by Crippen LogP contribution is 2.28. The summed E-state index contributed by atoms with van der Waals surface area (Å²) in [6.45, 7) is 2.23. The largest absolute Gasteiger partial charge is 0.326 e.